The number of amides is 1. The Labute approximate surface area is 215 Å². The molecule has 0 unspecified atom stereocenters. The first-order valence-electron chi connectivity index (χ1n) is 10.9. The molecule has 1 N–H and O–H groups in total. The highest BCUT2D eigenvalue weighted by molar-refractivity contribution is 7.99. The highest BCUT2D eigenvalue weighted by Crippen LogP contribution is 2.24. The second-order valence-electron chi connectivity index (χ2n) is 7.72. The molecule has 4 rings (SSSR count). The van der Waals surface area contributed by atoms with E-state index in [1.54, 1.807) is 30.3 Å². The summed E-state index contributed by atoms with van der Waals surface area (Å²) in [6, 6.07) is 16.7. The minimum atomic E-state index is -0.520. The molecule has 0 aliphatic carbocycles. The van der Waals surface area contributed by atoms with Crippen molar-refractivity contribution in [3.05, 3.63) is 99.1 Å². The number of ketones is 1. The fourth-order valence-corrected chi connectivity index (χ4v) is 4.59. The van der Waals surface area contributed by atoms with Crippen molar-refractivity contribution in [2.45, 2.75) is 5.16 Å². The summed E-state index contributed by atoms with van der Waals surface area (Å²) in [5, 5.41) is 3.59. The van der Waals surface area contributed by atoms with E-state index in [4.69, 9.17) is 16.3 Å². The van der Waals surface area contributed by atoms with Crippen molar-refractivity contribution in [2.75, 3.05) is 26.0 Å². The molecule has 1 aromatic heterocycles. The van der Waals surface area contributed by atoms with Crippen LogP contribution < -0.4 is 10.9 Å². The number of ether oxygens (including phenoxy) is 1. The third-order valence-corrected chi connectivity index (χ3v) is 6.41. The van der Waals surface area contributed by atoms with Crippen LogP contribution in [0.5, 0.6) is 0 Å². The lowest BCUT2D eigenvalue weighted by Gasteiger charge is -2.14. The first kappa shape index (κ1) is 25.6. The first-order chi connectivity index (χ1) is 17.4. The van der Waals surface area contributed by atoms with E-state index in [1.807, 2.05) is 0 Å². The van der Waals surface area contributed by atoms with Gasteiger partial charge in [-0.2, -0.15) is 0 Å². The summed E-state index contributed by atoms with van der Waals surface area (Å²) in [6.07, 6.45) is 0. The second kappa shape index (κ2) is 11.5. The van der Waals surface area contributed by atoms with Gasteiger partial charge in [-0.3, -0.25) is 19.0 Å². The highest BCUT2D eigenvalue weighted by atomic mass is 35.5. The molecule has 0 radical (unpaired) electrons. The minimum absolute atomic E-state index is 0.0369. The maximum Gasteiger partial charge on any atom is 0.266 e. The van der Waals surface area contributed by atoms with E-state index in [-0.39, 0.29) is 39.2 Å². The molecular weight excluding hydrogens is 505 g/mol. The van der Waals surface area contributed by atoms with Crippen LogP contribution in [0.2, 0.25) is 5.02 Å². The summed E-state index contributed by atoms with van der Waals surface area (Å²) < 4.78 is 20.2. The summed E-state index contributed by atoms with van der Waals surface area (Å²) >= 11 is 7.04. The standard InChI is InChI=1S/C26H21ClFN3O4S/c1-35-11-10-29-24(33)17-8-9-21-22(13-17)30-26(31(25(21)34)20-7-3-6-19(28)14-20)36-15-23(32)16-4-2-5-18(27)12-16/h2-9,12-14H,10-11,15H2,1H3,(H,29,33). The third kappa shape index (κ3) is 5.81. The molecule has 0 spiro atoms. The Morgan fingerprint density at radius 1 is 1.08 bits per heavy atom. The zero-order valence-electron chi connectivity index (χ0n) is 19.2. The predicted molar refractivity (Wildman–Crippen MR) is 138 cm³/mol. The molecule has 36 heavy (non-hydrogen) atoms. The lowest BCUT2D eigenvalue weighted by Crippen LogP contribution is -2.27. The van der Waals surface area contributed by atoms with Gasteiger partial charge in [-0.05, 0) is 48.5 Å². The molecule has 1 heterocycles. The van der Waals surface area contributed by atoms with Crippen molar-refractivity contribution < 1.29 is 18.7 Å². The Morgan fingerprint density at radius 2 is 1.89 bits per heavy atom. The zero-order chi connectivity index (χ0) is 25.7. The van der Waals surface area contributed by atoms with Gasteiger partial charge in [0.1, 0.15) is 5.82 Å². The number of aromatic nitrogens is 2. The maximum atomic E-state index is 14.0. The van der Waals surface area contributed by atoms with Crippen molar-refractivity contribution >= 4 is 46.0 Å². The average molecular weight is 526 g/mol. The van der Waals surface area contributed by atoms with E-state index in [2.05, 4.69) is 10.3 Å². The van der Waals surface area contributed by atoms with Gasteiger partial charge in [0.2, 0.25) is 0 Å². The molecule has 7 nitrogen and oxygen atoms in total. The number of hydrogen-bond donors (Lipinski definition) is 1. The fourth-order valence-electron chi connectivity index (χ4n) is 3.49. The molecule has 3 aromatic carbocycles. The predicted octanol–water partition coefficient (Wildman–Crippen LogP) is 4.53. The number of hydrogen-bond acceptors (Lipinski definition) is 6. The molecule has 0 aliphatic rings. The number of carbonyl (C=O) groups excluding carboxylic acids is 2. The summed E-state index contributed by atoms with van der Waals surface area (Å²) in [7, 11) is 1.53. The van der Waals surface area contributed by atoms with Gasteiger partial charge in [0.15, 0.2) is 10.9 Å². The Balaban J connectivity index is 1.75. The summed E-state index contributed by atoms with van der Waals surface area (Å²) in [4.78, 5) is 43.3. The third-order valence-electron chi connectivity index (χ3n) is 5.24. The SMILES string of the molecule is COCCNC(=O)c1ccc2c(=O)n(-c3cccc(F)c3)c(SCC(=O)c3cccc(Cl)c3)nc2c1. The van der Waals surface area contributed by atoms with Crippen LogP contribution in [0.15, 0.2) is 76.7 Å². The van der Waals surface area contributed by atoms with E-state index < -0.39 is 11.4 Å². The Bertz CT molecular complexity index is 1510. The molecule has 0 saturated heterocycles. The number of nitrogens with zero attached hydrogens (tertiary/aromatic N) is 2. The van der Waals surface area contributed by atoms with Crippen LogP contribution in [-0.2, 0) is 4.74 Å². The summed E-state index contributed by atoms with van der Waals surface area (Å²) in [5.74, 6) is -1.11. The van der Waals surface area contributed by atoms with Crippen molar-refractivity contribution in [3.63, 3.8) is 0 Å². The van der Waals surface area contributed by atoms with Gasteiger partial charge in [-0.15, -0.1) is 0 Å². The summed E-state index contributed by atoms with van der Waals surface area (Å²) in [5.41, 5.74) is 0.846. The number of benzene rings is 3. The molecule has 0 fully saturated rings. The van der Waals surface area contributed by atoms with E-state index in [0.717, 1.165) is 11.8 Å². The minimum Gasteiger partial charge on any atom is -0.383 e. The van der Waals surface area contributed by atoms with Crippen LogP contribution >= 0.6 is 23.4 Å². The van der Waals surface area contributed by atoms with Gasteiger partial charge >= 0.3 is 0 Å². The molecule has 184 valence electrons. The van der Waals surface area contributed by atoms with Gasteiger partial charge < -0.3 is 10.1 Å². The normalized spacial score (nSPS) is 11.0. The maximum absolute atomic E-state index is 14.0. The zero-order valence-corrected chi connectivity index (χ0v) is 20.7. The van der Waals surface area contributed by atoms with Crippen molar-refractivity contribution in [2.24, 2.45) is 0 Å². The molecule has 4 aromatic rings. The number of thioether (sulfide) groups is 1. The van der Waals surface area contributed by atoms with Gasteiger partial charge in [0.05, 0.1) is 29.0 Å². The van der Waals surface area contributed by atoms with Crippen LogP contribution in [0.3, 0.4) is 0 Å². The van der Waals surface area contributed by atoms with Gasteiger partial charge in [0, 0.05) is 29.8 Å². The topological polar surface area (TPSA) is 90.3 Å². The number of Topliss-reactive ketones (excluding diaryl/α,β-unsaturated/α-hetero) is 1. The lowest BCUT2D eigenvalue weighted by atomic mass is 10.1. The number of halogens is 2. The average Bonchev–Trinajstić information content (AvgIpc) is 2.87. The fraction of sp³-hybridized carbons (Fsp3) is 0.154. The molecule has 0 saturated carbocycles. The Kier molecular flexibility index (Phi) is 8.14. The van der Waals surface area contributed by atoms with Gasteiger partial charge in [-0.1, -0.05) is 41.6 Å². The van der Waals surface area contributed by atoms with Crippen LogP contribution in [0.4, 0.5) is 4.39 Å². The molecule has 1 amide bonds. The number of carbonyl (C=O) groups is 2. The highest BCUT2D eigenvalue weighted by Gasteiger charge is 2.17. The second-order valence-corrected chi connectivity index (χ2v) is 9.10. The smallest absolute Gasteiger partial charge is 0.266 e. The number of methoxy groups -OCH3 is 1. The van der Waals surface area contributed by atoms with E-state index in [9.17, 15) is 18.8 Å². The summed E-state index contributed by atoms with van der Waals surface area (Å²) in [6.45, 7) is 0.687. The Morgan fingerprint density at radius 3 is 2.64 bits per heavy atom. The van der Waals surface area contributed by atoms with Gasteiger partial charge in [0.25, 0.3) is 11.5 Å². The quantitative estimate of drug-likeness (QED) is 0.149. The van der Waals surface area contributed by atoms with E-state index in [0.29, 0.717) is 29.3 Å². The van der Waals surface area contributed by atoms with E-state index >= 15 is 0 Å². The lowest BCUT2D eigenvalue weighted by molar-refractivity contribution is 0.0936. The van der Waals surface area contributed by atoms with Crippen molar-refractivity contribution in [3.8, 4) is 5.69 Å². The first-order valence-corrected chi connectivity index (χ1v) is 12.2. The number of nitrogens with one attached hydrogen (secondary N) is 1. The molecular formula is C26H21ClFN3O4S. The van der Waals surface area contributed by atoms with Crippen LogP contribution in [0.25, 0.3) is 16.6 Å². The molecule has 10 heteroatoms. The van der Waals surface area contributed by atoms with Gasteiger partial charge in [-0.25, -0.2) is 9.37 Å². The van der Waals surface area contributed by atoms with E-state index in [1.165, 1.54) is 48.1 Å². The molecule has 0 aliphatic heterocycles. The van der Waals surface area contributed by atoms with Crippen molar-refractivity contribution in [1.82, 2.24) is 14.9 Å². The Hall–Kier alpha value is -3.53. The largest absolute Gasteiger partial charge is 0.383 e. The molecule has 0 atom stereocenters. The molecule has 0 bridgehead atoms. The monoisotopic (exact) mass is 525 g/mol. The van der Waals surface area contributed by atoms with Crippen LogP contribution in [0.1, 0.15) is 20.7 Å². The van der Waals surface area contributed by atoms with Crippen LogP contribution in [0, 0.1) is 5.82 Å². The van der Waals surface area contributed by atoms with Crippen LogP contribution in [-0.4, -0.2) is 47.3 Å². The number of rotatable bonds is 9. The van der Waals surface area contributed by atoms with Crippen molar-refractivity contribution in [1.29, 1.82) is 0 Å². The number of fused-ring (bicyclic) bond motifs is 1.